The first-order chi connectivity index (χ1) is 7.18. The van der Waals surface area contributed by atoms with Crippen LogP contribution in [0.15, 0.2) is 30.0 Å². The Labute approximate surface area is 97.4 Å². The number of rotatable bonds is 2. The summed E-state index contributed by atoms with van der Waals surface area (Å²) in [7, 11) is 0. The molecule has 0 saturated heterocycles. The molecule has 2 nitrogen and oxygen atoms in total. The number of ketones is 1. The molecule has 0 N–H and O–H groups in total. The maximum Gasteiger partial charge on any atom is 0.227 e. The molecule has 1 aromatic rings. The number of halogens is 2. The number of carbonyl (C=O) groups excluding carboxylic acids is 1. The summed E-state index contributed by atoms with van der Waals surface area (Å²) in [6.07, 6.45) is 2.56. The van der Waals surface area contributed by atoms with Crippen LogP contribution in [0.4, 0.5) is 0 Å². The third kappa shape index (κ3) is 2.16. The number of carbonyl (C=O) groups is 1. The fraction of sp³-hybridized carbons (Fsp3) is 0.182. The summed E-state index contributed by atoms with van der Waals surface area (Å²) in [5.41, 5.74) is 0.498. The Morgan fingerprint density at radius 3 is 2.67 bits per heavy atom. The van der Waals surface area contributed by atoms with E-state index in [4.69, 9.17) is 27.9 Å². The van der Waals surface area contributed by atoms with Crippen molar-refractivity contribution >= 4 is 29.0 Å². The molecule has 0 radical (unpaired) electrons. The van der Waals surface area contributed by atoms with Gasteiger partial charge in [-0.15, -0.1) is 0 Å². The van der Waals surface area contributed by atoms with Gasteiger partial charge in [0.05, 0.1) is 16.7 Å². The highest BCUT2D eigenvalue weighted by atomic mass is 35.5. The van der Waals surface area contributed by atoms with E-state index in [1.165, 1.54) is 0 Å². The average molecular weight is 243 g/mol. The summed E-state index contributed by atoms with van der Waals surface area (Å²) in [5, 5.41) is 0.815. The standard InChI is InChI=1S/C11H8Cl2O2/c12-8-4-3-7(6-9(8)13)11(14)10-2-1-5-15-10/h2-4,6H,1,5H2. The first-order valence-corrected chi connectivity index (χ1v) is 5.27. The summed E-state index contributed by atoms with van der Waals surface area (Å²) in [4.78, 5) is 11.8. The molecule has 1 aromatic carbocycles. The lowest BCUT2D eigenvalue weighted by atomic mass is 10.1. The lowest BCUT2D eigenvalue weighted by Crippen LogP contribution is -2.03. The third-order valence-electron chi connectivity index (χ3n) is 2.11. The predicted octanol–water partition coefficient (Wildman–Crippen LogP) is 3.48. The molecule has 15 heavy (non-hydrogen) atoms. The zero-order valence-electron chi connectivity index (χ0n) is 7.80. The number of benzene rings is 1. The Balaban J connectivity index is 2.29. The van der Waals surface area contributed by atoms with Crippen LogP contribution in [-0.4, -0.2) is 12.4 Å². The topological polar surface area (TPSA) is 26.3 Å². The monoisotopic (exact) mass is 242 g/mol. The minimum absolute atomic E-state index is 0.147. The van der Waals surface area contributed by atoms with Gasteiger partial charge in [-0.2, -0.15) is 0 Å². The molecular weight excluding hydrogens is 235 g/mol. The number of hydrogen-bond acceptors (Lipinski definition) is 2. The van der Waals surface area contributed by atoms with E-state index < -0.39 is 0 Å². The molecule has 0 aliphatic carbocycles. The molecule has 1 aliphatic rings. The molecule has 0 fully saturated rings. The first-order valence-electron chi connectivity index (χ1n) is 4.51. The summed E-state index contributed by atoms with van der Waals surface area (Å²) < 4.78 is 5.17. The minimum Gasteiger partial charge on any atom is -0.489 e. The van der Waals surface area contributed by atoms with Gasteiger partial charge in [-0.3, -0.25) is 4.79 Å². The van der Waals surface area contributed by atoms with E-state index in [0.29, 0.717) is 28.0 Å². The Hall–Kier alpha value is -0.990. The molecular formula is C11H8Cl2O2. The van der Waals surface area contributed by atoms with Crippen molar-refractivity contribution in [1.29, 1.82) is 0 Å². The van der Waals surface area contributed by atoms with Gasteiger partial charge in [-0.05, 0) is 24.3 Å². The minimum atomic E-state index is -0.147. The van der Waals surface area contributed by atoms with E-state index in [1.54, 1.807) is 24.3 Å². The van der Waals surface area contributed by atoms with Crippen LogP contribution in [0.2, 0.25) is 10.0 Å². The van der Waals surface area contributed by atoms with Crippen LogP contribution in [0, 0.1) is 0 Å². The molecule has 0 aromatic heterocycles. The maximum atomic E-state index is 11.8. The molecule has 0 spiro atoms. The second kappa shape index (κ2) is 4.25. The van der Waals surface area contributed by atoms with Crippen molar-refractivity contribution in [1.82, 2.24) is 0 Å². The van der Waals surface area contributed by atoms with Gasteiger partial charge >= 0.3 is 0 Å². The van der Waals surface area contributed by atoms with E-state index in [2.05, 4.69) is 0 Å². The normalized spacial score (nSPS) is 14.7. The SMILES string of the molecule is O=C(C1=CCCO1)c1ccc(Cl)c(Cl)c1. The van der Waals surface area contributed by atoms with Crippen LogP contribution in [0.1, 0.15) is 16.8 Å². The lowest BCUT2D eigenvalue weighted by Gasteiger charge is -2.03. The first kappa shape index (κ1) is 10.5. The van der Waals surface area contributed by atoms with Crippen LogP contribution >= 0.6 is 23.2 Å². The molecule has 4 heteroatoms. The van der Waals surface area contributed by atoms with Gasteiger partial charge in [-0.25, -0.2) is 0 Å². The molecule has 2 rings (SSSR count). The second-order valence-corrected chi connectivity index (χ2v) is 3.98. The van der Waals surface area contributed by atoms with Crippen molar-refractivity contribution in [3.63, 3.8) is 0 Å². The number of hydrogen-bond donors (Lipinski definition) is 0. The van der Waals surface area contributed by atoms with Gasteiger partial charge in [0.25, 0.3) is 0 Å². The molecule has 0 atom stereocenters. The highest BCUT2D eigenvalue weighted by Gasteiger charge is 2.17. The largest absolute Gasteiger partial charge is 0.489 e. The van der Waals surface area contributed by atoms with Crippen molar-refractivity contribution in [2.24, 2.45) is 0 Å². The maximum absolute atomic E-state index is 11.8. The highest BCUT2D eigenvalue weighted by molar-refractivity contribution is 6.42. The second-order valence-electron chi connectivity index (χ2n) is 3.16. The van der Waals surface area contributed by atoms with Gasteiger partial charge in [-0.1, -0.05) is 23.2 Å². The lowest BCUT2D eigenvalue weighted by molar-refractivity contribution is 0.0942. The summed E-state index contributed by atoms with van der Waals surface area (Å²) in [6, 6.07) is 4.79. The van der Waals surface area contributed by atoms with Gasteiger partial charge < -0.3 is 4.74 Å². The molecule has 1 aliphatic heterocycles. The van der Waals surface area contributed by atoms with Crippen LogP contribution in [0.3, 0.4) is 0 Å². The van der Waals surface area contributed by atoms with Gasteiger partial charge in [0.1, 0.15) is 0 Å². The molecule has 1 heterocycles. The van der Waals surface area contributed by atoms with Crippen molar-refractivity contribution in [2.45, 2.75) is 6.42 Å². The highest BCUT2D eigenvalue weighted by Crippen LogP contribution is 2.24. The van der Waals surface area contributed by atoms with Crippen molar-refractivity contribution in [3.05, 3.63) is 45.6 Å². The Bertz CT molecular complexity index is 438. The average Bonchev–Trinajstić information content (AvgIpc) is 2.74. The molecule has 0 unspecified atom stereocenters. The quantitative estimate of drug-likeness (QED) is 0.743. The van der Waals surface area contributed by atoms with Crippen molar-refractivity contribution in [2.75, 3.05) is 6.61 Å². The van der Waals surface area contributed by atoms with Crippen LogP contribution < -0.4 is 0 Å². The molecule has 0 bridgehead atoms. The van der Waals surface area contributed by atoms with Crippen LogP contribution in [0.25, 0.3) is 0 Å². The van der Waals surface area contributed by atoms with E-state index >= 15 is 0 Å². The summed E-state index contributed by atoms with van der Waals surface area (Å²) in [6.45, 7) is 0.572. The van der Waals surface area contributed by atoms with E-state index in [0.717, 1.165) is 6.42 Å². The summed E-state index contributed by atoms with van der Waals surface area (Å²) >= 11 is 11.6. The van der Waals surface area contributed by atoms with Crippen LogP contribution in [-0.2, 0) is 4.74 Å². The zero-order valence-corrected chi connectivity index (χ0v) is 9.31. The predicted molar refractivity (Wildman–Crippen MR) is 59.4 cm³/mol. The Morgan fingerprint density at radius 2 is 2.07 bits per heavy atom. The van der Waals surface area contributed by atoms with Gasteiger partial charge in [0.15, 0.2) is 5.76 Å². The van der Waals surface area contributed by atoms with Gasteiger partial charge in [0, 0.05) is 12.0 Å². The van der Waals surface area contributed by atoms with Crippen LogP contribution in [0.5, 0.6) is 0 Å². The zero-order chi connectivity index (χ0) is 10.8. The summed E-state index contributed by atoms with van der Waals surface area (Å²) in [5.74, 6) is 0.249. The van der Waals surface area contributed by atoms with Crippen molar-refractivity contribution < 1.29 is 9.53 Å². The number of Topliss-reactive ketones (excluding diaryl/α,β-unsaturated/α-hetero) is 1. The third-order valence-corrected chi connectivity index (χ3v) is 2.85. The fourth-order valence-corrected chi connectivity index (χ4v) is 1.65. The Morgan fingerprint density at radius 1 is 1.27 bits per heavy atom. The van der Waals surface area contributed by atoms with Gasteiger partial charge in [0.2, 0.25) is 5.78 Å². The molecule has 78 valence electrons. The fourth-order valence-electron chi connectivity index (χ4n) is 1.36. The Kier molecular flexibility index (Phi) is 2.98. The number of allylic oxidation sites excluding steroid dienone is 1. The smallest absolute Gasteiger partial charge is 0.227 e. The van der Waals surface area contributed by atoms with E-state index in [9.17, 15) is 4.79 Å². The molecule has 0 saturated carbocycles. The van der Waals surface area contributed by atoms with Crippen molar-refractivity contribution in [3.8, 4) is 0 Å². The van der Waals surface area contributed by atoms with E-state index in [-0.39, 0.29) is 5.78 Å². The molecule has 0 amide bonds. The number of ether oxygens (including phenoxy) is 1. The van der Waals surface area contributed by atoms with E-state index in [1.807, 2.05) is 0 Å².